The van der Waals surface area contributed by atoms with Crippen LogP contribution in [0.1, 0.15) is 30.2 Å². The largest absolute Gasteiger partial charge is 0.481 e. The smallest absolute Gasteiger partial charge is 0.213 e. The summed E-state index contributed by atoms with van der Waals surface area (Å²) in [6, 6.07) is 4.04. The number of aromatic nitrogens is 2. The first kappa shape index (κ1) is 13.1. The standard InChI is InChI=1S/C15H19N3O2/c1-19-14-10-12(2-5-16-14)11-18-7-3-13(4-8-18)15-17-6-9-20-15/h2,5-6,9-10,13H,3-4,7-8,11H2,1H3. The molecule has 106 valence electrons. The maximum absolute atomic E-state index is 5.40. The van der Waals surface area contributed by atoms with Gasteiger partial charge < -0.3 is 9.15 Å². The first-order valence-electron chi connectivity index (χ1n) is 6.96. The Morgan fingerprint density at radius 2 is 2.15 bits per heavy atom. The number of pyridine rings is 1. The summed E-state index contributed by atoms with van der Waals surface area (Å²) in [7, 11) is 1.65. The Bertz CT molecular complexity index is 534. The molecule has 0 bridgehead atoms. The maximum atomic E-state index is 5.40. The van der Waals surface area contributed by atoms with Gasteiger partial charge in [-0.05, 0) is 37.6 Å². The predicted molar refractivity (Wildman–Crippen MR) is 74.5 cm³/mol. The molecule has 0 aromatic carbocycles. The Labute approximate surface area is 118 Å². The molecule has 0 saturated carbocycles. The fourth-order valence-electron chi connectivity index (χ4n) is 2.69. The number of rotatable bonds is 4. The molecule has 2 aromatic rings. The number of hydrogen-bond acceptors (Lipinski definition) is 5. The van der Waals surface area contributed by atoms with E-state index in [2.05, 4.69) is 14.9 Å². The Balaban J connectivity index is 1.55. The molecule has 2 aromatic heterocycles. The van der Waals surface area contributed by atoms with Crippen LogP contribution >= 0.6 is 0 Å². The van der Waals surface area contributed by atoms with E-state index in [-0.39, 0.29) is 0 Å². The van der Waals surface area contributed by atoms with Gasteiger partial charge in [-0.1, -0.05) is 0 Å². The topological polar surface area (TPSA) is 51.4 Å². The van der Waals surface area contributed by atoms with E-state index in [9.17, 15) is 0 Å². The number of oxazole rings is 1. The van der Waals surface area contributed by atoms with E-state index in [1.807, 2.05) is 12.1 Å². The van der Waals surface area contributed by atoms with Gasteiger partial charge in [0, 0.05) is 24.7 Å². The average Bonchev–Trinajstić information content (AvgIpc) is 3.02. The molecule has 0 spiro atoms. The third-order valence-corrected chi connectivity index (χ3v) is 3.80. The lowest BCUT2D eigenvalue weighted by Crippen LogP contribution is -2.32. The van der Waals surface area contributed by atoms with Crippen LogP contribution in [0.3, 0.4) is 0 Å². The maximum Gasteiger partial charge on any atom is 0.213 e. The van der Waals surface area contributed by atoms with Gasteiger partial charge in [-0.3, -0.25) is 4.90 Å². The van der Waals surface area contributed by atoms with Crippen LogP contribution in [0.4, 0.5) is 0 Å². The Kier molecular flexibility index (Phi) is 3.97. The summed E-state index contributed by atoms with van der Waals surface area (Å²) in [5.74, 6) is 2.03. The first-order chi connectivity index (χ1) is 9.85. The average molecular weight is 273 g/mol. The second kappa shape index (κ2) is 6.05. The molecule has 0 N–H and O–H groups in total. The molecular formula is C15H19N3O2. The number of hydrogen-bond donors (Lipinski definition) is 0. The van der Waals surface area contributed by atoms with E-state index < -0.39 is 0 Å². The highest BCUT2D eigenvalue weighted by atomic mass is 16.5. The number of methoxy groups -OCH3 is 1. The number of likely N-dealkylation sites (tertiary alicyclic amines) is 1. The predicted octanol–water partition coefficient (Wildman–Crippen LogP) is 2.46. The highest BCUT2D eigenvalue weighted by Gasteiger charge is 2.23. The molecule has 20 heavy (non-hydrogen) atoms. The second-order valence-corrected chi connectivity index (χ2v) is 5.13. The van der Waals surface area contributed by atoms with Crippen LogP contribution in [-0.2, 0) is 6.54 Å². The van der Waals surface area contributed by atoms with Gasteiger partial charge in [0.1, 0.15) is 6.26 Å². The lowest BCUT2D eigenvalue weighted by molar-refractivity contribution is 0.192. The van der Waals surface area contributed by atoms with Gasteiger partial charge in [0.15, 0.2) is 5.89 Å². The van der Waals surface area contributed by atoms with Gasteiger partial charge in [0.2, 0.25) is 5.88 Å². The summed E-state index contributed by atoms with van der Waals surface area (Å²) in [6.07, 6.45) is 7.38. The van der Waals surface area contributed by atoms with E-state index in [1.54, 1.807) is 25.8 Å². The van der Waals surface area contributed by atoms with Crippen molar-refractivity contribution in [1.82, 2.24) is 14.9 Å². The molecule has 1 saturated heterocycles. The molecule has 1 fully saturated rings. The molecule has 5 nitrogen and oxygen atoms in total. The Hall–Kier alpha value is -1.88. The Morgan fingerprint density at radius 1 is 1.30 bits per heavy atom. The van der Waals surface area contributed by atoms with Gasteiger partial charge in [-0.25, -0.2) is 9.97 Å². The molecule has 0 amide bonds. The van der Waals surface area contributed by atoms with Crippen molar-refractivity contribution in [3.05, 3.63) is 42.2 Å². The van der Waals surface area contributed by atoms with Crippen molar-refractivity contribution in [3.8, 4) is 5.88 Å². The summed E-state index contributed by atoms with van der Waals surface area (Å²) in [5.41, 5.74) is 1.24. The van der Waals surface area contributed by atoms with Crippen LogP contribution in [-0.4, -0.2) is 35.1 Å². The van der Waals surface area contributed by atoms with E-state index in [0.717, 1.165) is 38.4 Å². The van der Waals surface area contributed by atoms with Crippen LogP contribution in [0, 0.1) is 0 Å². The Morgan fingerprint density at radius 3 is 2.85 bits per heavy atom. The monoisotopic (exact) mass is 273 g/mol. The minimum absolute atomic E-state index is 0.466. The first-order valence-corrected chi connectivity index (χ1v) is 6.96. The molecular weight excluding hydrogens is 254 g/mol. The van der Waals surface area contributed by atoms with Crippen molar-refractivity contribution in [2.24, 2.45) is 0 Å². The van der Waals surface area contributed by atoms with Gasteiger partial charge in [0.05, 0.1) is 13.3 Å². The zero-order chi connectivity index (χ0) is 13.8. The highest BCUT2D eigenvalue weighted by Crippen LogP contribution is 2.27. The van der Waals surface area contributed by atoms with Gasteiger partial charge in [-0.15, -0.1) is 0 Å². The minimum atomic E-state index is 0.466. The van der Waals surface area contributed by atoms with E-state index in [1.165, 1.54) is 5.56 Å². The van der Waals surface area contributed by atoms with Gasteiger partial charge in [0.25, 0.3) is 0 Å². The van der Waals surface area contributed by atoms with Crippen LogP contribution in [0.2, 0.25) is 0 Å². The molecule has 1 aliphatic heterocycles. The van der Waals surface area contributed by atoms with Gasteiger partial charge >= 0.3 is 0 Å². The number of piperidine rings is 1. The van der Waals surface area contributed by atoms with E-state index in [0.29, 0.717) is 11.8 Å². The zero-order valence-corrected chi connectivity index (χ0v) is 11.7. The van der Waals surface area contributed by atoms with Crippen LogP contribution in [0.15, 0.2) is 35.2 Å². The lowest BCUT2D eigenvalue weighted by Gasteiger charge is -2.30. The fourth-order valence-corrected chi connectivity index (χ4v) is 2.69. The quantitative estimate of drug-likeness (QED) is 0.856. The highest BCUT2D eigenvalue weighted by molar-refractivity contribution is 5.20. The van der Waals surface area contributed by atoms with Crippen molar-refractivity contribution < 1.29 is 9.15 Å². The number of ether oxygens (including phenoxy) is 1. The van der Waals surface area contributed by atoms with E-state index >= 15 is 0 Å². The minimum Gasteiger partial charge on any atom is -0.481 e. The molecule has 3 heterocycles. The van der Waals surface area contributed by atoms with Crippen molar-refractivity contribution in [1.29, 1.82) is 0 Å². The summed E-state index contributed by atoms with van der Waals surface area (Å²) in [6.45, 7) is 3.08. The lowest BCUT2D eigenvalue weighted by atomic mass is 9.96. The molecule has 0 aliphatic carbocycles. The molecule has 5 heteroatoms. The summed E-state index contributed by atoms with van der Waals surface area (Å²) >= 11 is 0. The molecule has 1 aliphatic rings. The van der Waals surface area contributed by atoms with E-state index in [4.69, 9.17) is 9.15 Å². The SMILES string of the molecule is COc1cc(CN2CCC(c3ncco3)CC2)ccn1. The molecule has 0 radical (unpaired) electrons. The molecule has 0 unspecified atom stereocenters. The van der Waals surface area contributed by atoms with Gasteiger partial charge in [-0.2, -0.15) is 0 Å². The van der Waals surface area contributed by atoms with Crippen LogP contribution in [0.5, 0.6) is 5.88 Å². The summed E-state index contributed by atoms with van der Waals surface area (Å²) in [4.78, 5) is 10.8. The third-order valence-electron chi connectivity index (χ3n) is 3.80. The molecule has 0 atom stereocenters. The molecule has 3 rings (SSSR count). The van der Waals surface area contributed by atoms with Crippen molar-refractivity contribution in [2.75, 3.05) is 20.2 Å². The fraction of sp³-hybridized carbons (Fsp3) is 0.467. The summed E-state index contributed by atoms with van der Waals surface area (Å²) in [5, 5.41) is 0. The second-order valence-electron chi connectivity index (χ2n) is 5.13. The van der Waals surface area contributed by atoms with Crippen molar-refractivity contribution >= 4 is 0 Å². The number of nitrogens with zero attached hydrogens (tertiary/aromatic N) is 3. The third kappa shape index (κ3) is 2.99. The normalized spacial score (nSPS) is 17.2. The summed E-state index contributed by atoms with van der Waals surface area (Å²) < 4.78 is 10.6. The van der Waals surface area contributed by atoms with Crippen molar-refractivity contribution in [2.45, 2.75) is 25.3 Å². The van der Waals surface area contributed by atoms with Crippen LogP contribution < -0.4 is 4.74 Å². The van der Waals surface area contributed by atoms with Crippen LogP contribution in [0.25, 0.3) is 0 Å². The zero-order valence-electron chi connectivity index (χ0n) is 11.7. The van der Waals surface area contributed by atoms with Crippen molar-refractivity contribution in [3.63, 3.8) is 0 Å².